The zero-order valence-corrected chi connectivity index (χ0v) is 69.2. The van der Waals surface area contributed by atoms with E-state index in [9.17, 15) is 0 Å². The van der Waals surface area contributed by atoms with Crippen LogP contribution in [-0.2, 0) is 17.3 Å². The van der Waals surface area contributed by atoms with Gasteiger partial charge >= 0.3 is 0 Å². The highest BCUT2D eigenvalue weighted by Crippen LogP contribution is 2.60. The average molecular weight is 1600 g/mol. The van der Waals surface area contributed by atoms with Gasteiger partial charge in [-0.1, -0.05) is 354 Å². The molecular weight excluding hydrogens is 1530 g/mol. The van der Waals surface area contributed by atoms with Crippen LogP contribution in [0, 0.1) is 0 Å². The first-order valence-corrected chi connectivity index (χ1v) is 44.0. The molecule has 4 heterocycles. The standard InChI is InChI=1S/C122H74O4/c1-121(2)101-50-14-10-32-86(101)111-90(46-24-52-103(111)121)109-82-42-20-38-78(99-63-71-28-6-9-31-75(71)115-88-34-12-16-54-105(88)123-119(99)115)97(82)66-98-79(39-21-43-83(98)109)100-64-72-57-56-68(62-94(72)116-89-35-13-17-55-106(89)124-120(100)116)67-122(3)102-51-15-11-33-87(102)112-91(47-25-53-104(112)122)110-80-40-18-36-76(84-44-22-48-92-113-73-29-7-4-26-69(73)58-60-107(113)125-117(84)92)95(80)65-96-77(37-19-41-81(96)110)85-45-23-49-93-114-74-30-8-5-27-70(74)59-61-108(114)126-118(85)93/h4-66H,67H2,1-3H3. The van der Waals surface area contributed by atoms with Crippen molar-refractivity contribution in [3.63, 3.8) is 0 Å². The van der Waals surface area contributed by atoms with Gasteiger partial charge in [-0.3, -0.25) is 0 Å². The molecule has 0 radical (unpaired) electrons. The van der Waals surface area contributed by atoms with Gasteiger partial charge in [-0.05, 0) is 236 Å². The fourth-order valence-electron chi connectivity index (χ4n) is 23.6. The minimum absolute atomic E-state index is 0.216. The lowest BCUT2D eigenvalue weighted by molar-refractivity contribution is 0.583. The van der Waals surface area contributed by atoms with Gasteiger partial charge in [-0.2, -0.15) is 0 Å². The van der Waals surface area contributed by atoms with E-state index in [0.29, 0.717) is 0 Å². The highest BCUT2D eigenvalue weighted by Gasteiger charge is 2.42. The maximum Gasteiger partial charge on any atom is 0.143 e. The maximum atomic E-state index is 7.47. The summed E-state index contributed by atoms with van der Waals surface area (Å²) in [6, 6.07) is 143. The maximum absolute atomic E-state index is 7.47. The SMILES string of the molecule is CC1(C)c2ccccc2-c2c(-c3c4cccc(-c5cc6ccccc6c6c5oc5ccccc56)c4cc4c(-c5cc6ccc(CC7(C)c8ccccc8-c8c(-c9c%10cccc(-c%11cccc%12c%11oc%11ccc%13ccccc%13c%11%12)c%10cc%10c(-c%11cccc%12c%11oc%11ccc%13ccccc%13c%11%12)cccc9%10)cccc87)cc6c6c5oc5ccccc56)cccc34)cccc21. The number of para-hydroxylation sites is 4. The summed E-state index contributed by atoms with van der Waals surface area (Å²) < 4.78 is 28.9. The molecule has 126 heavy (non-hydrogen) atoms. The van der Waals surface area contributed by atoms with Gasteiger partial charge < -0.3 is 17.7 Å². The van der Waals surface area contributed by atoms with E-state index in [1.807, 2.05) is 0 Å². The molecule has 22 aromatic carbocycles. The van der Waals surface area contributed by atoms with E-state index in [4.69, 9.17) is 17.7 Å². The molecule has 1 atom stereocenters. The Morgan fingerprint density at radius 2 is 0.524 bits per heavy atom. The van der Waals surface area contributed by atoms with Gasteiger partial charge in [0.2, 0.25) is 0 Å². The van der Waals surface area contributed by atoms with Gasteiger partial charge in [0.25, 0.3) is 0 Å². The highest BCUT2D eigenvalue weighted by atomic mass is 16.3. The predicted molar refractivity (Wildman–Crippen MR) is 528 cm³/mol. The third-order valence-electron chi connectivity index (χ3n) is 29.1. The molecule has 0 saturated heterocycles. The molecule has 2 aliphatic carbocycles. The lowest BCUT2D eigenvalue weighted by Gasteiger charge is -2.28. The van der Waals surface area contributed by atoms with Crippen molar-refractivity contribution >= 4 is 174 Å². The first kappa shape index (κ1) is 69.7. The third kappa shape index (κ3) is 9.51. The van der Waals surface area contributed by atoms with Crippen LogP contribution < -0.4 is 0 Å². The second-order valence-electron chi connectivity index (χ2n) is 35.9. The van der Waals surface area contributed by atoms with E-state index in [1.165, 1.54) is 115 Å². The van der Waals surface area contributed by atoms with Gasteiger partial charge in [-0.15, -0.1) is 0 Å². The molecule has 0 aliphatic heterocycles. The number of rotatable bonds is 8. The number of benzene rings is 22. The molecule has 1 unspecified atom stereocenters. The summed E-state index contributed by atoms with van der Waals surface area (Å²) >= 11 is 0. The molecule has 28 rings (SSSR count). The zero-order valence-electron chi connectivity index (χ0n) is 69.2. The molecule has 0 spiro atoms. The van der Waals surface area contributed by atoms with E-state index in [1.54, 1.807) is 0 Å². The lowest BCUT2D eigenvalue weighted by Crippen LogP contribution is -2.24. The smallest absolute Gasteiger partial charge is 0.143 e. The van der Waals surface area contributed by atoms with Gasteiger partial charge in [0.05, 0.1) is 0 Å². The molecule has 26 aromatic rings. The Hall–Kier alpha value is -15.9. The zero-order chi connectivity index (χ0) is 82.7. The Morgan fingerprint density at radius 1 is 0.183 bits per heavy atom. The Balaban J connectivity index is 0.643. The summed E-state index contributed by atoms with van der Waals surface area (Å²) in [7, 11) is 0. The Bertz CT molecular complexity index is 9190. The normalized spacial score (nSPS) is 14.3. The largest absolute Gasteiger partial charge is 0.455 e. The van der Waals surface area contributed by atoms with E-state index < -0.39 is 5.41 Å². The van der Waals surface area contributed by atoms with Gasteiger partial charge in [0.15, 0.2) is 0 Å². The summed E-state index contributed by atoms with van der Waals surface area (Å²) in [5, 5.41) is 27.5. The Kier molecular flexibility index (Phi) is 14.2. The van der Waals surface area contributed by atoms with Crippen molar-refractivity contribution in [2.45, 2.75) is 38.0 Å². The highest BCUT2D eigenvalue weighted by molar-refractivity contribution is 6.31. The molecule has 4 aromatic heterocycles. The molecule has 586 valence electrons. The van der Waals surface area contributed by atoms with Crippen molar-refractivity contribution in [3.8, 4) is 89.0 Å². The molecule has 4 nitrogen and oxygen atoms in total. The Morgan fingerprint density at radius 3 is 1.05 bits per heavy atom. The molecule has 2 aliphatic rings. The molecular formula is C122H74O4. The average Bonchev–Trinajstić information content (AvgIpc) is 1.46. The van der Waals surface area contributed by atoms with Crippen LogP contribution in [0.15, 0.2) is 400 Å². The summed E-state index contributed by atoms with van der Waals surface area (Å²) in [6.45, 7) is 7.27. The van der Waals surface area contributed by atoms with E-state index >= 15 is 0 Å². The van der Waals surface area contributed by atoms with Gasteiger partial charge in [-0.25, -0.2) is 0 Å². The monoisotopic (exact) mass is 1600 g/mol. The minimum Gasteiger partial charge on any atom is -0.455 e. The number of hydrogen-bond donors (Lipinski definition) is 0. The molecule has 0 fully saturated rings. The van der Waals surface area contributed by atoms with Crippen molar-refractivity contribution < 1.29 is 17.7 Å². The van der Waals surface area contributed by atoms with Crippen LogP contribution in [0.25, 0.3) is 263 Å². The van der Waals surface area contributed by atoms with Crippen LogP contribution in [0.5, 0.6) is 0 Å². The molecule has 0 amide bonds. The van der Waals surface area contributed by atoms with Crippen molar-refractivity contribution in [3.05, 3.63) is 410 Å². The molecule has 4 heteroatoms. The Labute approximate surface area is 723 Å². The molecule has 0 bridgehead atoms. The summed E-state index contributed by atoms with van der Waals surface area (Å²) in [5.41, 5.74) is 31.3. The topological polar surface area (TPSA) is 52.6 Å². The fraction of sp³-hybridized carbons (Fsp3) is 0.0492. The van der Waals surface area contributed by atoms with Crippen LogP contribution in [0.1, 0.15) is 48.6 Å². The minimum atomic E-state index is -0.478. The number of fused-ring (bicyclic) bond motifs is 30. The second kappa shape index (κ2) is 25.6. The van der Waals surface area contributed by atoms with E-state index in [0.717, 1.165) is 182 Å². The summed E-state index contributed by atoms with van der Waals surface area (Å²) in [4.78, 5) is 0. The van der Waals surface area contributed by atoms with E-state index in [2.05, 4.69) is 403 Å². The van der Waals surface area contributed by atoms with Crippen LogP contribution in [0.4, 0.5) is 0 Å². The van der Waals surface area contributed by atoms with Crippen LogP contribution in [-0.4, -0.2) is 0 Å². The van der Waals surface area contributed by atoms with Gasteiger partial charge in [0.1, 0.15) is 44.7 Å². The van der Waals surface area contributed by atoms with Crippen LogP contribution in [0.2, 0.25) is 0 Å². The molecule has 0 saturated carbocycles. The van der Waals surface area contributed by atoms with Crippen LogP contribution in [0.3, 0.4) is 0 Å². The third-order valence-corrected chi connectivity index (χ3v) is 29.1. The van der Waals surface area contributed by atoms with Crippen molar-refractivity contribution in [1.29, 1.82) is 0 Å². The first-order chi connectivity index (χ1) is 62.1. The van der Waals surface area contributed by atoms with E-state index in [-0.39, 0.29) is 5.41 Å². The van der Waals surface area contributed by atoms with Crippen molar-refractivity contribution in [2.75, 3.05) is 0 Å². The predicted octanol–water partition coefficient (Wildman–Crippen LogP) is 34.3. The lowest BCUT2D eigenvalue weighted by atomic mass is 9.74. The van der Waals surface area contributed by atoms with Crippen molar-refractivity contribution in [1.82, 2.24) is 0 Å². The van der Waals surface area contributed by atoms with Gasteiger partial charge in [0, 0.05) is 76.2 Å². The van der Waals surface area contributed by atoms with Crippen LogP contribution >= 0.6 is 0 Å². The number of hydrogen-bond acceptors (Lipinski definition) is 4. The second-order valence-corrected chi connectivity index (χ2v) is 35.9. The van der Waals surface area contributed by atoms with Crippen molar-refractivity contribution in [2.24, 2.45) is 0 Å². The quantitative estimate of drug-likeness (QED) is 0.142. The summed E-state index contributed by atoms with van der Waals surface area (Å²) in [5.74, 6) is 0. The summed E-state index contributed by atoms with van der Waals surface area (Å²) in [6.07, 6.45) is 0.734. The first-order valence-electron chi connectivity index (χ1n) is 44.0. The number of furan rings is 4. The fourth-order valence-corrected chi connectivity index (χ4v) is 23.6. The molecule has 0 N–H and O–H groups in total.